The summed E-state index contributed by atoms with van der Waals surface area (Å²) < 4.78 is 5.12. The number of rotatable bonds is 9. The molecule has 0 amide bonds. The summed E-state index contributed by atoms with van der Waals surface area (Å²) >= 11 is 0. The second-order valence-electron chi connectivity index (χ2n) is 6.61. The molecular formula is C15H33NO. The molecule has 2 nitrogen and oxygen atoms in total. The van der Waals surface area contributed by atoms with Gasteiger partial charge in [-0.2, -0.15) is 0 Å². The predicted molar refractivity (Wildman–Crippen MR) is 76.5 cm³/mol. The predicted octanol–water partition coefficient (Wildman–Crippen LogP) is 4.00. The molecule has 0 saturated carbocycles. The molecule has 0 aliphatic heterocycles. The maximum Gasteiger partial charge on any atom is 0.0462 e. The normalized spacial score (nSPS) is 15.9. The van der Waals surface area contributed by atoms with Crippen LogP contribution in [-0.2, 0) is 4.74 Å². The van der Waals surface area contributed by atoms with Gasteiger partial charge in [0.1, 0.15) is 0 Å². The summed E-state index contributed by atoms with van der Waals surface area (Å²) in [5.74, 6) is 0. The number of hydrogen-bond acceptors (Lipinski definition) is 2. The van der Waals surface area contributed by atoms with Crippen LogP contribution in [0.5, 0.6) is 0 Å². The van der Waals surface area contributed by atoms with Gasteiger partial charge in [-0.1, -0.05) is 26.7 Å². The van der Waals surface area contributed by atoms with E-state index in [9.17, 15) is 0 Å². The minimum absolute atomic E-state index is 0.224. The van der Waals surface area contributed by atoms with Gasteiger partial charge in [0, 0.05) is 25.8 Å². The fraction of sp³-hybridized carbons (Fsp3) is 1.00. The molecule has 0 aromatic carbocycles. The molecule has 1 unspecified atom stereocenters. The highest BCUT2D eigenvalue weighted by molar-refractivity contribution is 4.81. The third-order valence-corrected chi connectivity index (χ3v) is 3.28. The molecule has 0 rings (SSSR count). The van der Waals surface area contributed by atoms with E-state index < -0.39 is 0 Å². The third-order valence-electron chi connectivity index (χ3n) is 3.28. The van der Waals surface area contributed by atoms with Crippen LogP contribution in [0.3, 0.4) is 0 Å². The fourth-order valence-corrected chi connectivity index (χ4v) is 2.18. The Hall–Kier alpha value is -0.0800. The van der Waals surface area contributed by atoms with Crippen LogP contribution in [-0.4, -0.2) is 25.8 Å². The van der Waals surface area contributed by atoms with Crippen LogP contribution < -0.4 is 5.32 Å². The van der Waals surface area contributed by atoms with Crippen molar-refractivity contribution in [1.29, 1.82) is 0 Å². The lowest BCUT2D eigenvalue weighted by Crippen LogP contribution is -2.43. The molecule has 1 atom stereocenters. The van der Waals surface area contributed by atoms with Crippen molar-refractivity contribution in [2.45, 2.75) is 72.3 Å². The van der Waals surface area contributed by atoms with Gasteiger partial charge in [-0.15, -0.1) is 0 Å². The van der Waals surface area contributed by atoms with Crippen molar-refractivity contribution in [3.8, 4) is 0 Å². The third kappa shape index (κ3) is 9.61. The molecule has 0 radical (unpaired) electrons. The minimum Gasteiger partial charge on any atom is -0.385 e. The summed E-state index contributed by atoms with van der Waals surface area (Å²) in [4.78, 5) is 0. The molecule has 0 aliphatic rings. The molecular weight excluding hydrogens is 210 g/mol. The van der Waals surface area contributed by atoms with E-state index >= 15 is 0 Å². The highest BCUT2D eigenvalue weighted by Crippen LogP contribution is 2.29. The van der Waals surface area contributed by atoms with Gasteiger partial charge in [-0.05, 0) is 45.4 Å². The minimum atomic E-state index is 0.224. The average molecular weight is 243 g/mol. The van der Waals surface area contributed by atoms with Crippen molar-refractivity contribution in [3.63, 3.8) is 0 Å². The van der Waals surface area contributed by atoms with Gasteiger partial charge in [0.2, 0.25) is 0 Å². The van der Waals surface area contributed by atoms with E-state index in [0.717, 1.165) is 13.2 Å². The van der Waals surface area contributed by atoms with Crippen LogP contribution in [0.2, 0.25) is 0 Å². The maximum atomic E-state index is 5.12. The van der Waals surface area contributed by atoms with E-state index in [1.165, 1.54) is 32.1 Å². The lowest BCUT2D eigenvalue weighted by atomic mass is 9.80. The zero-order chi connectivity index (χ0) is 13.4. The molecule has 0 spiro atoms. The van der Waals surface area contributed by atoms with Gasteiger partial charge >= 0.3 is 0 Å². The van der Waals surface area contributed by atoms with Crippen molar-refractivity contribution >= 4 is 0 Å². The summed E-state index contributed by atoms with van der Waals surface area (Å²) in [5.41, 5.74) is 0.664. The molecule has 0 saturated heterocycles. The molecule has 0 fully saturated rings. The van der Waals surface area contributed by atoms with E-state index in [4.69, 9.17) is 4.74 Å². The Bertz CT molecular complexity index is 186. The van der Waals surface area contributed by atoms with Crippen LogP contribution in [0.4, 0.5) is 0 Å². The Morgan fingerprint density at radius 1 is 1.00 bits per heavy atom. The molecule has 2 heteroatoms. The summed E-state index contributed by atoms with van der Waals surface area (Å²) in [5, 5.41) is 3.66. The zero-order valence-electron chi connectivity index (χ0n) is 12.9. The first kappa shape index (κ1) is 16.9. The van der Waals surface area contributed by atoms with Crippen molar-refractivity contribution < 1.29 is 4.74 Å². The van der Waals surface area contributed by atoms with Crippen molar-refractivity contribution in [1.82, 2.24) is 5.32 Å². The summed E-state index contributed by atoms with van der Waals surface area (Å²) in [6, 6.07) is 0. The second kappa shape index (κ2) is 8.10. The van der Waals surface area contributed by atoms with E-state index in [-0.39, 0.29) is 5.54 Å². The number of unbranched alkanes of at least 4 members (excludes halogenated alkanes) is 1. The van der Waals surface area contributed by atoms with Gasteiger partial charge in [0.15, 0.2) is 0 Å². The van der Waals surface area contributed by atoms with Crippen molar-refractivity contribution in [2.75, 3.05) is 20.3 Å². The molecule has 0 aromatic rings. The monoisotopic (exact) mass is 243 g/mol. The molecule has 0 aromatic heterocycles. The van der Waals surface area contributed by atoms with Gasteiger partial charge in [-0.3, -0.25) is 0 Å². The lowest BCUT2D eigenvalue weighted by Gasteiger charge is -2.34. The molecule has 1 N–H and O–H groups in total. The topological polar surface area (TPSA) is 21.3 Å². The molecule has 104 valence electrons. The molecule has 0 heterocycles. The van der Waals surface area contributed by atoms with Crippen LogP contribution in [0, 0.1) is 5.41 Å². The maximum absolute atomic E-state index is 5.12. The van der Waals surface area contributed by atoms with Gasteiger partial charge in [0.05, 0.1) is 0 Å². The first-order valence-corrected chi connectivity index (χ1v) is 7.07. The standard InChI is InChI=1S/C15H33NO/c1-7-10-15(5,11-8-9-12-17-6)13-16-14(2,3)4/h16H,7-13H2,1-6H3. The molecule has 0 bridgehead atoms. The first-order chi connectivity index (χ1) is 7.83. The van der Waals surface area contributed by atoms with Gasteiger partial charge in [0.25, 0.3) is 0 Å². The van der Waals surface area contributed by atoms with Crippen molar-refractivity contribution in [3.05, 3.63) is 0 Å². The van der Waals surface area contributed by atoms with Crippen LogP contribution in [0.1, 0.15) is 66.7 Å². The average Bonchev–Trinajstić information content (AvgIpc) is 2.22. The van der Waals surface area contributed by atoms with E-state index in [0.29, 0.717) is 5.41 Å². The SMILES string of the molecule is CCCC(C)(CCCCOC)CNC(C)(C)C. The van der Waals surface area contributed by atoms with Crippen molar-refractivity contribution in [2.24, 2.45) is 5.41 Å². The molecule has 17 heavy (non-hydrogen) atoms. The number of hydrogen-bond donors (Lipinski definition) is 1. The van der Waals surface area contributed by atoms with E-state index in [1.807, 2.05) is 0 Å². The lowest BCUT2D eigenvalue weighted by molar-refractivity contribution is 0.176. The van der Waals surface area contributed by atoms with Gasteiger partial charge < -0.3 is 10.1 Å². The first-order valence-electron chi connectivity index (χ1n) is 7.07. The van der Waals surface area contributed by atoms with Crippen LogP contribution in [0.15, 0.2) is 0 Å². The van der Waals surface area contributed by atoms with Crippen LogP contribution >= 0.6 is 0 Å². The smallest absolute Gasteiger partial charge is 0.0462 e. The molecule has 0 aliphatic carbocycles. The number of methoxy groups -OCH3 is 1. The summed E-state index contributed by atoms with van der Waals surface area (Å²) in [6.07, 6.45) is 6.34. The zero-order valence-corrected chi connectivity index (χ0v) is 12.9. The Labute approximate surface area is 109 Å². The van der Waals surface area contributed by atoms with E-state index in [2.05, 4.69) is 39.9 Å². The fourth-order valence-electron chi connectivity index (χ4n) is 2.18. The quantitative estimate of drug-likeness (QED) is 0.618. The number of nitrogens with one attached hydrogen (secondary N) is 1. The highest BCUT2D eigenvalue weighted by atomic mass is 16.5. The Balaban J connectivity index is 4.06. The van der Waals surface area contributed by atoms with Gasteiger partial charge in [-0.25, -0.2) is 0 Å². The van der Waals surface area contributed by atoms with E-state index in [1.54, 1.807) is 7.11 Å². The Kier molecular flexibility index (Phi) is 8.06. The highest BCUT2D eigenvalue weighted by Gasteiger charge is 2.24. The van der Waals surface area contributed by atoms with Crippen LogP contribution in [0.25, 0.3) is 0 Å². The largest absolute Gasteiger partial charge is 0.385 e. The number of ether oxygens (including phenoxy) is 1. The Morgan fingerprint density at radius 3 is 2.12 bits per heavy atom. The summed E-state index contributed by atoms with van der Waals surface area (Å²) in [7, 11) is 1.78. The Morgan fingerprint density at radius 2 is 1.65 bits per heavy atom. The second-order valence-corrected chi connectivity index (χ2v) is 6.61. The summed E-state index contributed by atoms with van der Waals surface area (Å²) in [6.45, 7) is 13.4.